The highest BCUT2D eigenvalue weighted by molar-refractivity contribution is 6.07. The number of hydrazone groups is 1. The molecular formula is C27H29N5O2. The van der Waals surface area contributed by atoms with Gasteiger partial charge in [0.15, 0.2) is 0 Å². The van der Waals surface area contributed by atoms with Crippen LogP contribution in [0, 0.1) is 6.92 Å². The zero-order valence-electron chi connectivity index (χ0n) is 19.8. The standard InChI is InChI=1S/C27H29N5O2/c1-4-6-15-34-22-13-11-20(12-14-22)26-16-24(23-9-7-8-10-25(23)30-26)27(33)31-28-17-21-18-29-32(5-2)19(21)3/h7-14,16-18H,4-6,15H2,1-3H3,(H,31,33). The van der Waals surface area contributed by atoms with Crippen LogP contribution in [0.2, 0.25) is 0 Å². The van der Waals surface area contributed by atoms with Gasteiger partial charge in [-0.1, -0.05) is 31.5 Å². The molecule has 2 heterocycles. The van der Waals surface area contributed by atoms with Crippen molar-refractivity contribution in [1.82, 2.24) is 20.2 Å². The van der Waals surface area contributed by atoms with Crippen LogP contribution in [-0.2, 0) is 6.54 Å². The lowest BCUT2D eigenvalue weighted by Crippen LogP contribution is -2.18. The Balaban J connectivity index is 1.59. The van der Waals surface area contributed by atoms with Crippen LogP contribution in [0.1, 0.15) is 48.3 Å². The van der Waals surface area contributed by atoms with Crippen molar-refractivity contribution in [3.05, 3.63) is 77.6 Å². The monoisotopic (exact) mass is 455 g/mol. The van der Waals surface area contributed by atoms with Gasteiger partial charge >= 0.3 is 0 Å². The van der Waals surface area contributed by atoms with Crippen molar-refractivity contribution < 1.29 is 9.53 Å². The summed E-state index contributed by atoms with van der Waals surface area (Å²) in [4.78, 5) is 17.9. The third kappa shape index (κ3) is 5.14. The van der Waals surface area contributed by atoms with Crippen molar-refractivity contribution in [2.45, 2.75) is 40.2 Å². The Morgan fingerprint density at radius 3 is 2.68 bits per heavy atom. The summed E-state index contributed by atoms with van der Waals surface area (Å²) in [5.74, 6) is 0.531. The van der Waals surface area contributed by atoms with Crippen LogP contribution in [0.25, 0.3) is 22.2 Å². The molecule has 0 fully saturated rings. The Hall–Kier alpha value is -4.00. The van der Waals surface area contributed by atoms with Crippen LogP contribution in [0.3, 0.4) is 0 Å². The molecule has 0 bridgehead atoms. The van der Waals surface area contributed by atoms with Gasteiger partial charge < -0.3 is 4.74 Å². The number of hydrogen-bond donors (Lipinski definition) is 1. The summed E-state index contributed by atoms with van der Waals surface area (Å²) in [6.45, 7) is 7.62. The van der Waals surface area contributed by atoms with E-state index in [4.69, 9.17) is 9.72 Å². The number of aryl methyl sites for hydroxylation is 1. The number of ether oxygens (including phenoxy) is 1. The summed E-state index contributed by atoms with van der Waals surface area (Å²) < 4.78 is 7.64. The summed E-state index contributed by atoms with van der Waals surface area (Å²) in [5.41, 5.74) is 7.41. The molecule has 2 aromatic carbocycles. The molecule has 1 amide bonds. The number of carbonyl (C=O) groups is 1. The van der Waals surface area contributed by atoms with Crippen LogP contribution in [-0.4, -0.2) is 33.5 Å². The van der Waals surface area contributed by atoms with Crippen LogP contribution in [0.5, 0.6) is 5.75 Å². The summed E-state index contributed by atoms with van der Waals surface area (Å²) in [5, 5.41) is 9.24. The molecule has 0 aliphatic carbocycles. The van der Waals surface area contributed by atoms with Gasteiger partial charge in [0, 0.05) is 28.8 Å². The van der Waals surface area contributed by atoms with Gasteiger partial charge in [-0.15, -0.1) is 0 Å². The molecule has 1 N–H and O–H groups in total. The van der Waals surface area contributed by atoms with Gasteiger partial charge in [0.05, 0.1) is 35.8 Å². The molecule has 7 nitrogen and oxygen atoms in total. The van der Waals surface area contributed by atoms with E-state index in [0.717, 1.165) is 52.9 Å². The lowest BCUT2D eigenvalue weighted by atomic mass is 10.0. The maximum Gasteiger partial charge on any atom is 0.272 e. The number of nitrogens with zero attached hydrogens (tertiary/aromatic N) is 4. The molecule has 0 unspecified atom stereocenters. The number of carbonyl (C=O) groups excluding carboxylic acids is 1. The maximum absolute atomic E-state index is 13.1. The molecule has 7 heteroatoms. The van der Waals surface area contributed by atoms with Gasteiger partial charge in [0.25, 0.3) is 5.91 Å². The fraction of sp³-hybridized carbons (Fsp3) is 0.259. The predicted octanol–water partition coefficient (Wildman–Crippen LogP) is 5.37. The van der Waals surface area contributed by atoms with Crippen molar-refractivity contribution in [3.8, 4) is 17.0 Å². The zero-order chi connectivity index (χ0) is 23.9. The van der Waals surface area contributed by atoms with Gasteiger partial charge in [0.2, 0.25) is 0 Å². The molecule has 0 aliphatic rings. The number of pyridine rings is 1. The number of rotatable bonds is 9. The van der Waals surface area contributed by atoms with Gasteiger partial charge in [-0.05, 0) is 56.7 Å². The Labute approximate surface area is 199 Å². The predicted molar refractivity (Wildman–Crippen MR) is 135 cm³/mol. The fourth-order valence-corrected chi connectivity index (χ4v) is 3.69. The second kappa shape index (κ2) is 10.7. The van der Waals surface area contributed by atoms with Gasteiger partial charge in [0.1, 0.15) is 5.75 Å². The van der Waals surface area contributed by atoms with Crippen LogP contribution in [0.4, 0.5) is 0 Å². The quantitative estimate of drug-likeness (QED) is 0.209. The topological polar surface area (TPSA) is 81.4 Å². The summed E-state index contributed by atoms with van der Waals surface area (Å²) in [6, 6.07) is 17.2. The van der Waals surface area contributed by atoms with Gasteiger partial charge in [-0.25, -0.2) is 10.4 Å². The molecular weight excluding hydrogens is 426 g/mol. The lowest BCUT2D eigenvalue weighted by molar-refractivity contribution is 0.0956. The fourth-order valence-electron chi connectivity index (χ4n) is 3.69. The van der Waals surface area contributed by atoms with Crippen molar-refractivity contribution in [1.29, 1.82) is 0 Å². The average molecular weight is 456 g/mol. The van der Waals surface area contributed by atoms with E-state index in [-0.39, 0.29) is 5.91 Å². The smallest absolute Gasteiger partial charge is 0.272 e. The molecule has 0 spiro atoms. The Morgan fingerprint density at radius 2 is 1.94 bits per heavy atom. The summed E-state index contributed by atoms with van der Waals surface area (Å²) in [7, 11) is 0. The Morgan fingerprint density at radius 1 is 1.15 bits per heavy atom. The van der Waals surface area contributed by atoms with Gasteiger partial charge in [-0.3, -0.25) is 9.48 Å². The number of para-hydroxylation sites is 1. The first-order valence-corrected chi connectivity index (χ1v) is 11.6. The van der Waals surface area contributed by atoms with E-state index >= 15 is 0 Å². The zero-order valence-corrected chi connectivity index (χ0v) is 19.8. The lowest BCUT2D eigenvalue weighted by Gasteiger charge is -2.10. The SMILES string of the molecule is CCCCOc1ccc(-c2cc(C(=O)NN=Cc3cnn(CC)c3C)c3ccccc3n2)cc1. The first kappa shape index (κ1) is 23.2. The normalized spacial score (nSPS) is 11.3. The largest absolute Gasteiger partial charge is 0.494 e. The van der Waals surface area contributed by atoms with E-state index in [2.05, 4.69) is 22.5 Å². The second-order valence-electron chi connectivity index (χ2n) is 8.00. The minimum atomic E-state index is -0.295. The second-order valence-corrected chi connectivity index (χ2v) is 8.00. The van der Waals surface area contributed by atoms with Crippen LogP contribution >= 0.6 is 0 Å². The minimum Gasteiger partial charge on any atom is -0.494 e. The Bertz CT molecular complexity index is 1310. The average Bonchev–Trinajstić information content (AvgIpc) is 3.23. The molecule has 4 aromatic rings. The maximum atomic E-state index is 13.1. The van der Waals surface area contributed by atoms with Crippen molar-refractivity contribution in [3.63, 3.8) is 0 Å². The van der Waals surface area contributed by atoms with Crippen LogP contribution in [0.15, 0.2) is 65.9 Å². The van der Waals surface area contributed by atoms with Crippen molar-refractivity contribution >= 4 is 23.0 Å². The molecule has 0 aliphatic heterocycles. The number of nitrogens with one attached hydrogen (secondary N) is 1. The van der Waals surface area contributed by atoms with E-state index in [1.165, 1.54) is 0 Å². The first-order chi connectivity index (χ1) is 16.6. The summed E-state index contributed by atoms with van der Waals surface area (Å²) in [6.07, 6.45) is 5.48. The molecule has 0 saturated carbocycles. The van der Waals surface area contributed by atoms with E-state index < -0.39 is 0 Å². The molecule has 2 aromatic heterocycles. The van der Waals surface area contributed by atoms with Gasteiger partial charge in [-0.2, -0.15) is 10.2 Å². The number of amides is 1. The third-order valence-electron chi connectivity index (χ3n) is 5.69. The highest BCUT2D eigenvalue weighted by Gasteiger charge is 2.14. The van der Waals surface area contributed by atoms with Crippen LogP contribution < -0.4 is 10.2 Å². The summed E-state index contributed by atoms with van der Waals surface area (Å²) >= 11 is 0. The highest BCUT2D eigenvalue weighted by atomic mass is 16.5. The first-order valence-electron chi connectivity index (χ1n) is 11.6. The molecule has 0 saturated heterocycles. The number of aromatic nitrogens is 3. The van der Waals surface area contributed by atoms with E-state index in [9.17, 15) is 4.79 Å². The van der Waals surface area contributed by atoms with E-state index in [1.807, 2.05) is 67.1 Å². The molecule has 174 valence electrons. The molecule has 34 heavy (non-hydrogen) atoms. The number of unbranched alkanes of at least 4 members (excludes halogenated alkanes) is 1. The Kier molecular flexibility index (Phi) is 7.32. The van der Waals surface area contributed by atoms with Crippen molar-refractivity contribution in [2.75, 3.05) is 6.61 Å². The minimum absolute atomic E-state index is 0.295. The molecule has 4 rings (SSSR count). The number of hydrogen-bond acceptors (Lipinski definition) is 5. The highest BCUT2D eigenvalue weighted by Crippen LogP contribution is 2.26. The number of benzene rings is 2. The molecule has 0 atom stereocenters. The van der Waals surface area contributed by atoms with E-state index in [0.29, 0.717) is 17.9 Å². The third-order valence-corrected chi connectivity index (χ3v) is 5.69. The van der Waals surface area contributed by atoms with E-state index in [1.54, 1.807) is 18.5 Å². The van der Waals surface area contributed by atoms with Crippen molar-refractivity contribution in [2.24, 2.45) is 5.10 Å². The number of fused-ring (bicyclic) bond motifs is 1. The molecule has 0 radical (unpaired) electrons.